The van der Waals surface area contributed by atoms with E-state index in [1.807, 2.05) is 0 Å². The summed E-state index contributed by atoms with van der Waals surface area (Å²) in [5, 5.41) is 0. The normalized spacial score (nSPS) is 14.0. The number of ketones is 1. The van der Waals surface area contributed by atoms with Crippen LogP contribution in [0.3, 0.4) is 0 Å². The number of para-hydroxylation sites is 1. The molecule has 1 aliphatic heterocycles. The molecule has 1 heterocycles. The van der Waals surface area contributed by atoms with Crippen molar-refractivity contribution in [1.29, 1.82) is 0 Å². The van der Waals surface area contributed by atoms with E-state index >= 15 is 0 Å². The van der Waals surface area contributed by atoms with Crippen LogP contribution >= 0.6 is 15.9 Å². The summed E-state index contributed by atoms with van der Waals surface area (Å²) in [6, 6.07) is 11.3. The predicted molar refractivity (Wildman–Crippen MR) is 81.2 cm³/mol. The molecule has 0 N–H and O–H groups in total. The Morgan fingerprint density at radius 1 is 1.19 bits per heavy atom. The summed E-state index contributed by atoms with van der Waals surface area (Å²) in [4.78, 5) is 26.0. The van der Waals surface area contributed by atoms with E-state index in [0.29, 0.717) is 22.3 Å². The number of hydrogen-bond donors (Lipinski definition) is 0. The first-order valence-electron chi connectivity index (χ1n) is 6.47. The summed E-state index contributed by atoms with van der Waals surface area (Å²) < 4.78 is 13.9. The van der Waals surface area contributed by atoms with Crippen molar-refractivity contribution in [2.75, 3.05) is 11.4 Å². The highest BCUT2D eigenvalue weighted by atomic mass is 79.9. The number of carbonyl (C=O) groups excluding carboxylic acids is 2. The van der Waals surface area contributed by atoms with Gasteiger partial charge in [0, 0.05) is 24.1 Å². The Bertz CT molecular complexity index is 745. The van der Waals surface area contributed by atoms with Gasteiger partial charge in [0.25, 0.3) is 5.91 Å². The molecule has 0 radical (unpaired) electrons. The average molecular weight is 348 g/mol. The van der Waals surface area contributed by atoms with Crippen molar-refractivity contribution in [3.8, 4) is 0 Å². The fourth-order valence-corrected chi connectivity index (χ4v) is 2.66. The molecule has 0 aromatic heterocycles. The molecule has 5 heteroatoms. The molecule has 0 bridgehead atoms. The summed E-state index contributed by atoms with van der Waals surface area (Å²) in [5.41, 5.74) is 1.39. The van der Waals surface area contributed by atoms with Gasteiger partial charge in [-0.3, -0.25) is 9.59 Å². The molecule has 3 rings (SSSR count). The zero-order valence-corrected chi connectivity index (χ0v) is 12.6. The van der Waals surface area contributed by atoms with E-state index < -0.39 is 5.82 Å². The van der Waals surface area contributed by atoms with Gasteiger partial charge in [-0.15, -0.1) is 0 Å². The third-order valence-corrected chi connectivity index (χ3v) is 4.11. The molecule has 0 saturated carbocycles. The lowest BCUT2D eigenvalue weighted by atomic mass is 9.99. The highest BCUT2D eigenvalue weighted by molar-refractivity contribution is 9.10. The minimum absolute atomic E-state index is 0.0247. The lowest BCUT2D eigenvalue weighted by Gasteiger charge is -2.28. The Hall–Kier alpha value is -2.01. The fourth-order valence-electron chi connectivity index (χ4n) is 2.41. The van der Waals surface area contributed by atoms with Crippen LogP contribution in [-0.4, -0.2) is 18.2 Å². The Morgan fingerprint density at radius 2 is 1.95 bits per heavy atom. The molecule has 1 aliphatic rings. The Morgan fingerprint density at radius 3 is 2.71 bits per heavy atom. The number of halogens is 2. The molecule has 3 nitrogen and oxygen atoms in total. The van der Waals surface area contributed by atoms with E-state index in [4.69, 9.17) is 0 Å². The predicted octanol–water partition coefficient (Wildman–Crippen LogP) is 3.82. The number of nitrogens with zero attached hydrogens (tertiary/aromatic N) is 1. The molecule has 21 heavy (non-hydrogen) atoms. The zero-order valence-electron chi connectivity index (χ0n) is 11.0. The molecule has 0 atom stereocenters. The molecule has 1 amide bonds. The number of benzene rings is 2. The maximum atomic E-state index is 13.6. The van der Waals surface area contributed by atoms with Gasteiger partial charge in [-0.25, -0.2) is 4.39 Å². The molecule has 2 aromatic rings. The second-order valence-corrected chi connectivity index (χ2v) is 5.63. The van der Waals surface area contributed by atoms with Gasteiger partial charge in [-0.05, 0) is 46.3 Å². The van der Waals surface area contributed by atoms with Gasteiger partial charge in [-0.2, -0.15) is 0 Å². The van der Waals surface area contributed by atoms with Crippen molar-refractivity contribution in [1.82, 2.24) is 0 Å². The summed E-state index contributed by atoms with van der Waals surface area (Å²) in [5.74, 6) is -0.764. The number of amides is 1. The maximum Gasteiger partial charge on any atom is 0.258 e. The minimum Gasteiger partial charge on any atom is -0.307 e. The van der Waals surface area contributed by atoms with Crippen molar-refractivity contribution in [3.05, 3.63) is 63.9 Å². The molecule has 0 spiro atoms. The highest BCUT2D eigenvalue weighted by Gasteiger charge is 2.27. The van der Waals surface area contributed by atoms with E-state index in [1.54, 1.807) is 30.3 Å². The molecule has 106 valence electrons. The van der Waals surface area contributed by atoms with Gasteiger partial charge >= 0.3 is 0 Å². The number of fused-ring (bicyclic) bond motifs is 1. The van der Waals surface area contributed by atoms with Gasteiger partial charge in [0.1, 0.15) is 5.82 Å². The van der Waals surface area contributed by atoms with E-state index in [0.717, 1.165) is 0 Å². The molecule has 2 aromatic carbocycles. The van der Waals surface area contributed by atoms with Crippen molar-refractivity contribution < 1.29 is 14.0 Å². The van der Waals surface area contributed by atoms with Crippen molar-refractivity contribution >= 4 is 33.3 Å². The third-order valence-electron chi connectivity index (χ3n) is 3.47. The van der Waals surface area contributed by atoms with Crippen LogP contribution in [0.1, 0.15) is 27.1 Å². The van der Waals surface area contributed by atoms with Crippen LogP contribution in [0.2, 0.25) is 0 Å². The summed E-state index contributed by atoms with van der Waals surface area (Å²) in [6.07, 6.45) is 0.280. The molecular weight excluding hydrogens is 337 g/mol. The SMILES string of the molecule is O=C1CCN(C(=O)c2ccc(Br)c(F)c2)c2ccccc21. The van der Waals surface area contributed by atoms with Gasteiger partial charge in [0.2, 0.25) is 0 Å². The van der Waals surface area contributed by atoms with Crippen LogP contribution in [0.15, 0.2) is 46.9 Å². The average Bonchev–Trinajstić information content (AvgIpc) is 2.50. The standard InChI is InChI=1S/C16H11BrFNO2/c17-12-6-5-10(9-13(12)18)16(21)19-8-7-15(20)11-3-1-2-4-14(11)19/h1-6,9H,7-8H2. The van der Waals surface area contributed by atoms with Gasteiger partial charge in [0.15, 0.2) is 5.78 Å². The number of hydrogen-bond acceptors (Lipinski definition) is 2. The van der Waals surface area contributed by atoms with Crippen molar-refractivity contribution in [2.45, 2.75) is 6.42 Å². The highest BCUT2D eigenvalue weighted by Crippen LogP contribution is 2.28. The molecule has 0 unspecified atom stereocenters. The number of rotatable bonds is 1. The first kappa shape index (κ1) is 13.9. The topological polar surface area (TPSA) is 37.4 Å². The Balaban J connectivity index is 2.01. The zero-order chi connectivity index (χ0) is 15.0. The van der Waals surface area contributed by atoms with E-state index in [9.17, 15) is 14.0 Å². The Kier molecular flexibility index (Phi) is 3.59. The number of carbonyl (C=O) groups is 2. The summed E-state index contributed by atoms with van der Waals surface area (Å²) in [6.45, 7) is 0.312. The van der Waals surface area contributed by atoms with Crippen LogP contribution < -0.4 is 4.90 Å². The third kappa shape index (κ3) is 2.49. The van der Waals surface area contributed by atoms with Gasteiger partial charge < -0.3 is 4.90 Å². The molecule has 0 fully saturated rings. The Labute approximate surface area is 129 Å². The molecular formula is C16H11BrFNO2. The summed E-state index contributed by atoms with van der Waals surface area (Å²) >= 11 is 3.06. The van der Waals surface area contributed by atoms with Crippen LogP contribution in [-0.2, 0) is 0 Å². The van der Waals surface area contributed by atoms with Crippen LogP contribution in [0.4, 0.5) is 10.1 Å². The van der Waals surface area contributed by atoms with Gasteiger partial charge in [0.05, 0.1) is 10.2 Å². The molecule has 0 aliphatic carbocycles. The van der Waals surface area contributed by atoms with Crippen LogP contribution in [0, 0.1) is 5.82 Å². The van der Waals surface area contributed by atoms with Crippen molar-refractivity contribution in [2.24, 2.45) is 0 Å². The van der Waals surface area contributed by atoms with Crippen LogP contribution in [0.5, 0.6) is 0 Å². The van der Waals surface area contributed by atoms with Crippen molar-refractivity contribution in [3.63, 3.8) is 0 Å². The molecule has 0 saturated heterocycles. The number of Topliss-reactive ketones (excluding diaryl/α,β-unsaturated/α-hetero) is 1. The van der Waals surface area contributed by atoms with Gasteiger partial charge in [-0.1, -0.05) is 12.1 Å². The summed E-state index contributed by atoms with van der Waals surface area (Å²) in [7, 11) is 0. The quantitative estimate of drug-likeness (QED) is 0.786. The van der Waals surface area contributed by atoms with E-state index in [2.05, 4.69) is 15.9 Å². The monoisotopic (exact) mass is 347 g/mol. The maximum absolute atomic E-state index is 13.6. The first-order valence-corrected chi connectivity index (χ1v) is 7.26. The minimum atomic E-state index is -0.484. The smallest absolute Gasteiger partial charge is 0.258 e. The largest absolute Gasteiger partial charge is 0.307 e. The second-order valence-electron chi connectivity index (χ2n) is 4.78. The first-order chi connectivity index (χ1) is 10.1. The second kappa shape index (κ2) is 5.41. The lowest BCUT2D eigenvalue weighted by molar-refractivity contribution is 0.0955. The lowest BCUT2D eigenvalue weighted by Crippen LogP contribution is -2.37. The van der Waals surface area contributed by atoms with E-state index in [-0.39, 0.29) is 23.7 Å². The van der Waals surface area contributed by atoms with E-state index in [1.165, 1.54) is 17.0 Å². The number of anilines is 1. The van der Waals surface area contributed by atoms with Crippen LogP contribution in [0.25, 0.3) is 0 Å². The fraction of sp³-hybridized carbons (Fsp3) is 0.125.